The van der Waals surface area contributed by atoms with Crippen molar-refractivity contribution in [2.75, 3.05) is 19.7 Å². The molecule has 1 amide bonds. The third kappa shape index (κ3) is 4.79. The van der Waals surface area contributed by atoms with Crippen LogP contribution in [0.25, 0.3) is 0 Å². The molecule has 1 aromatic carbocycles. The van der Waals surface area contributed by atoms with Gasteiger partial charge in [-0.15, -0.1) is 0 Å². The minimum Gasteiger partial charge on any atom is -0.449 e. The van der Waals surface area contributed by atoms with E-state index < -0.39 is 5.82 Å². The summed E-state index contributed by atoms with van der Waals surface area (Å²) < 4.78 is 20.0. The van der Waals surface area contributed by atoms with Crippen molar-refractivity contribution in [1.82, 2.24) is 4.90 Å². The fourth-order valence-electron chi connectivity index (χ4n) is 2.72. The molecular formula is C18H20BrFN2O3. The Morgan fingerprint density at radius 1 is 1.40 bits per heavy atom. The van der Waals surface area contributed by atoms with Crippen LogP contribution in [0.2, 0.25) is 0 Å². The SMILES string of the molecule is CC(C)COC(=O)N1CCC(C(=O)c2cc(Br)cc(C#N)c2F)CC1. The topological polar surface area (TPSA) is 70.4 Å². The summed E-state index contributed by atoms with van der Waals surface area (Å²) in [7, 11) is 0. The van der Waals surface area contributed by atoms with Crippen LogP contribution in [0.5, 0.6) is 0 Å². The molecule has 1 aliphatic heterocycles. The summed E-state index contributed by atoms with van der Waals surface area (Å²) >= 11 is 3.20. The number of benzene rings is 1. The molecule has 0 saturated carbocycles. The molecule has 0 N–H and O–H groups in total. The normalized spacial score (nSPS) is 15.1. The first-order valence-electron chi connectivity index (χ1n) is 8.18. The molecule has 2 rings (SSSR count). The molecule has 0 unspecified atom stereocenters. The van der Waals surface area contributed by atoms with Crippen molar-refractivity contribution in [2.24, 2.45) is 11.8 Å². The van der Waals surface area contributed by atoms with Crippen molar-refractivity contribution in [2.45, 2.75) is 26.7 Å². The molecule has 0 bridgehead atoms. The highest BCUT2D eigenvalue weighted by Gasteiger charge is 2.30. The summed E-state index contributed by atoms with van der Waals surface area (Å²) in [6, 6.07) is 4.50. The Kier molecular flexibility index (Phi) is 6.54. The van der Waals surface area contributed by atoms with E-state index in [4.69, 9.17) is 10.00 Å². The van der Waals surface area contributed by atoms with Gasteiger partial charge in [0, 0.05) is 23.5 Å². The highest BCUT2D eigenvalue weighted by molar-refractivity contribution is 9.10. The lowest BCUT2D eigenvalue weighted by Gasteiger charge is -2.30. The highest BCUT2D eigenvalue weighted by Crippen LogP contribution is 2.27. The Hall–Kier alpha value is -1.94. The average Bonchev–Trinajstić information content (AvgIpc) is 2.60. The van der Waals surface area contributed by atoms with Crippen LogP contribution in [0.3, 0.4) is 0 Å². The van der Waals surface area contributed by atoms with Gasteiger partial charge in [-0.3, -0.25) is 4.79 Å². The summed E-state index contributed by atoms with van der Waals surface area (Å²) in [5.41, 5.74) is -0.237. The largest absolute Gasteiger partial charge is 0.449 e. The maximum absolute atomic E-state index is 14.3. The molecule has 1 aromatic rings. The van der Waals surface area contributed by atoms with Gasteiger partial charge < -0.3 is 9.64 Å². The third-order valence-corrected chi connectivity index (χ3v) is 4.55. The number of piperidine rings is 1. The molecule has 25 heavy (non-hydrogen) atoms. The summed E-state index contributed by atoms with van der Waals surface area (Å²) in [6.45, 7) is 5.07. The quantitative estimate of drug-likeness (QED) is 0.698. The van der Waals surface area contributed by atoms with Gasteiger partial charge in [-0.25, -0.2) is 9.18 Å². The fraction of sp³-hybridized carbons (Fsp3) is 0.500. The number of hydrogen-bond donors (Lipinski definition) is 0. The van der Waals surface area contributed by atoms with E-state index >= 15 is 0 Å². The number of likely N-dealkylation sites (tertiary alicyclic amines) is 1. The number of ether oxygens (including phenoxy) is 1. The summed E-state index contributed by atoms with van der Waals surface area (Å²) in [4.78, 5) is 26.1. The molecule has 0 atom stereocenters. The van der Waals surface area contributed by atoms with Gasteiger partial charge in [0.15, 0.2) is 11.6 Å². The number of nitrogens with zero attached hydrogens (tertiary/aromatic N) is 2. The zero-order chi connectivity index (χ0) is 18.6. The van der Waals surface area contributed by atoms with Crippen LogP contribution in [-0.4, -0.2) is 36.5 Å². The Morgan fingerprint density at radius 3 is 2.60 bits per heavy atom. The molecule has 0 aliphatic carbocycles. The number of ketones is 1. The average molecular weight is 411 g/mol. The lowest BCUT2D eigenvalue weighted by Crippen LogP contribution is -2.41. The standard InChI is InChI=1S/C18H20BrFN2O3/c1-11(2)10-25-18(24)22-5-3-12(4-6-22)17(23)15-8-14(19)7-13(9-21)16(15)20/h7-8,11-12H,3-6,10H2,1-2H3. The first kappa shape index (κ1) is 19.4. The van der Waals surface area contributed by atoms with Crippen LogP contribution in [0, 0.1) is 29.0 Å². The maximum atomic E-state index is 14.3. The predicted molar refractivity (Wildman–Crippen MR) is 93.6 cm³/mol. The molecule has 1 aliphatic rings. The second kappa shape index (κ2) is 8.43. The molecule has 0 radical (unpaired) electrons. The number of halogens is 2. The number of amides is 1. The minimum absolute atomic E-state index is 0.0771. The maximum Gasteiger partial charge on any atom is 0.409 e. The number of carbonyl (C=O) groups is 2. The van der Waals surface area contributed by atoms with E-state index in [1.54, 1.807) is 11.0 Å². The van der Waals surface area contributed by atoms with Crippen LogP contribution in [0.1, 0.15) is 42.6 Å². The molecule has 0 aromatic heterocycles. The lowest BCUT2D eigenvalue weighted by atomic mass is 9.88. The van der Waals surface area contributed by atoms with Gasteiger partial charge >= 0.3 is 6.09 Å². The molecule has 5 nitrogen and oxygen atoms in total. The molecule has 1 fully saturated rings. The van der Waals surface area contributed by atoms with Gasteiger partial charge in [-0.2, -0.15) is 5.26 Å². The van der Waals surface area contributed by atoms with Crippen molar-refractivity contribution >= 4 is 27.8 Å². The minimum atomic E-state index is -0.783. The zero-order valence-corrected chi connectivity index (χ0v) is 15.8. The van der Waals surface area contributed by atoms with E-state index in [-0.39, 0.29) is 34.8 Å². The first-order chi connectivity index (χ1) is 11.8. The lowest BCUT2D eigenvalue weighted by molar-refractivity contribution is 0.0695. The van der Waals surface area contributed by atoms with E-state index in [0.29, 0.717) is 37.0 Å². The van der Waals surface area contributed by atoms with Gasteiger partial charge in [0.25, 0.3) is 0 Å². The van der Waals surface area contributed by atoms with Crippen molar-refractivity contribution in [1.29, 1.82) is 5.26 Å². The van der Waals surface area contributed by atoms with Gasteiger partial charge in [0.05, 0.1) is 17.7 Å². The zero-order valence-electron chi connectivity index (χ0n) is 14.2. The summed E-state index contributed by atoms with van der Waals surface area (Å²) in [5, 5.41) is 8.96. The van der Waals surface area contributed by atoms with Gasteiger partial charge in [0.1, 0.15) is 6.07 Å². The number of nitriles is 1. The number of Topliss-reactive ketones (excluding diaryl/α,β-unsaturated/α-hetero) is 1. The smallest absolute Gasteiger partial charge is 0.409 e. The monoisotopic (exact) mass is 410 g/mol. The summed E-state index contributed by atoms with van der Waals surface area (Å²) in [6.07, 6.45) is 0.521. The highest BCUT2D eigenvalue weighted by atomic mass is 79.9. The Labute approximate surface area is 154 Å². The number of rotatable bonds is 4. The van der Waals surface area contributed by atoms with Crippen molar-refractivity contribution in [3.8, 4) is 6.07 Å². The first-order valence-corrected chi connectivity index (χ1v) is 8.97. The molecule has 1 heterocycles. The fourth-order valence-corrected chi connectivity index (χ4v) is 3.18. The van der Waals surface area contributed by atoms with Crippen LogP contribution in [-0.2, 0) is 4.74 Å². The van der Waals surface area contributed by atoms with Gasteiger partial charge in [0.2, 0.25) is 0 Å². The van der Waals surface area contributed by atoms with E-state index in [1.807, 2.05) is 13.8 Å². The number of carbonyl (C=O) groups excluding carboxylic acids is 2. The Balaban J connectivity index is 2.02. The molecule has 134 valence electrons. The van der Waals surface area contributed by atoms with E-state index in [1.165, 1.54) is 12.1 Å². The second-order valence-corrected chi connectivity index (χ2v) is 7.44. The third-order valence-electron chi connectivity index (χ3n) is 4.09. The van der Waals surface area contributed by atoms with Crippen molar-refractivity contribution in [3.63, 3.8) is 0 Å². The van der Waals surface area contributed by atoms with E-state index in [2.05, 4.69) is 15.9 Å². The van der Waals surface area contributed by atoms with Crippen LogP contribution < -0.4 is 0 Å². The summed E-state index contributed by atoms with van der Waals surface area (Å²) in [5.74, 6) is -1.22. The van der Waals surface area contributed by atoms with Crippen LogP contribution in [0.4, 0.5) is 9.18 Å². The van der Waals surface area contributed by atoms with Gasteiger partial charge in [-0.05, 0) is 30.9 Å². The van der Waals surface area contributed by atoms with Gasteiger partial charge in [-0.1, -0.05) is 29.8 Å². The van der Waals surface area contributed by atoms with Crippen molar-refractivity contribution < 1.29 is 18.7 Å². The van der Waals surface area contributed by atoms with E-state index in [9.17, 15) is 14.0 Å². The number of hydrogen-bond acceptors (Lipinski definition) is 4. The van der Waals surface area contributed by atoms with E-state index in [0.717, 1.165) is 0 Å². The molecule has 7 heteroatoms. The second-order valence-electron chi connectivity index (χ2n) is 6.52. The van der Waals surface area contributed by atoms with Crippen LogP contribution >= 0.6 is 15.9 Å². The van der Waals surface area contributed by atoms with Crippen molar-refractivity contribution in [3.05, 3.63) is 33.5 Å². The molecule has 0 spiro atoms. The Bertz CT molecular complexity index is 707. The molecular weight excluding hydrogens is 391 g/mol. The molecule has 1 saturated heterocycles. The van der Waals surface area contributed by atoms with Crippen LogP contribution in [0.15, 0.2) is 16.6 Å². The Morgan fingerprint density at radius 2 is 2.04 bits per heavy atom. The predicted octanol–water partition coefficient (Wildman–Crippen LogP) is 4.15.